The van der Waals surface area contributed by atoms with Gasteiger partial charge in [0.25, 0.3) is 0 Å². The molecule has 2 unspecified atom stereocenters. The normalized spacial score (nSPS) is 23.7. The van der Waals surface area contributed by atoms with Gasteiger partial charge in [0.1, 0.15) is 6.10 Å². The van der Waals surface area contributed by atoms with Crippen molar-refractivity contribution in [2.24, 2.45) is 5.92 Å². The second kappa shape index (κ2) is 6.01. The Kier molecular flexibility index (Phi) is 4.37. The SMILES string of the molecule is Cc1cccc(C(=O)OOC2CCCCC2C)c1. The Morgan fingerprint density at radius 1 is 1.28 bits per heavy atom. The van der Waals surface area contributed by atoms with Crippen LogP contribution in [0.15, 0.2) is 24.3 Å². The van der Waals surface area contributed by atoms with Gasteiger partial charge in [0.15, 0.2) is 0 Å². The van der Waals surface area contributed by atoms with Gasteiger partial charge in [-0.2, -0.15) is 4.89 Å². The summed E-state index contributed by atoms with van der Waals surface area (Å²) in [5.74, 6) is 0.0560. The summed E-state index contributed by atoms with van der Waals surface area (Å²) in [6.07, 6.45) is 4.56. The molecule has 0 spiro atoms. The van der Waals surface area contributed by atoms with Crippen LogP contribution in [0, 0.1) is 12.8 Å². The minimum Gasteiger partial charge on any atom is -0.293 e. The lowest BCUT2D eigenvalue weighted by Gasteiger charge is -2.26. The first-order valence-electron chi connectivity index (χ1n) is 6.61. The maximum Gasteiger partial charge on any atom is 0.373 e. The molecule has 1 fully saturated rings. The summed E-state index contributed by atoms with van der Waals surface area (Å²) in [7, 11) is 0. The van der Waals surface area contributed by atoms with Crippen LogP contribution in [-0.2, 0) is 9.78 Å². The van der Waals surface area contributed by atoms with Crippen LogP contribution in [-0.4, -0.2) is 12.1 Å². The summed E-state index contributed by atoms with van der Waals surface area (Å²) in [4.78, 5) is 22.1. The van der Waals surface area contributed by atoms with Crippen LogP contribution in [0.5, 0.6) is 0 Å². The molecule has 3 heteroatoms. The molecule has 1 aromatic carbocycles. The summed E-state index contributed by atoms with van der Waals surface area (Å²) in [5.41, 5.74) is 1.58. The fourth-order valence-corrected chi connectivity index (χ4v) is 2.35. The third-order valence-electron chi connectivity index (χ3n) is 3.53. The predicted molar refractivity (Wildman–Crippen MR) is 69.1 cm³/mol. The number of hydrogen-bond donors (Lipinski definition) is 0. The highest BCUT2D eigenvalue weighted by atomic mass is 17.2. The van der Waals surface area contributed by atoms with E-state index in [1.54, 1.807) is 12.1 Å². The molecule has 2 rings (SSSR count). The van der Waals surface area contributed by atoms with Crippen LogP contribution in [0.25, 0.3) is 0 Å². The number of benzene rings is 1. The van der Waals surface area contributed by atoms with Crippen molar-refractivity contribution in [1.29, 1.82) is 0 Å². The van der Waals surface area contributed by atoms with Gasteiger partial charge in [-0.05, 0) is 37.8 Å². The van der Waals surface area contributed by atoms with E-state index in [2.05, 4.69) is 6.92 Å². The molecule has 1 aliphatic carbocycles. The molecule has 0 heterocycles. The van der Waals surface area contributed by atoms with Gasteiger partial charge in [0.2, 0.25) is 0 Å². The zero-order valence-electron chi connectivity index (χ0n) is 11.0. The molecule has 1 aliphatic rings. The van der Waals surface area contributed by atoms with E-state index >= 15 is 0 Å². The van der Waals surface area contributed by atoms with Crippen molar-refractivity contribution in [2.45, 2.75) is 45.6 Å². The van der Waals surface area contributed by atoms with Crippen LogP contribution in [0.3, 0.4) is 0 Å². The largest absolute Gasteiger partial charge is 0.373 e. The molecule has 2 atom stereocenters. The highest BCUT2D eigenvalue weighted by Gasteiger charge is 2.24. The molecule has 0 saturated heterocycles. The molecule has 0 N–H and O–H groups in total. The van der Waals surface area contributed by atoms with Crippen LogP contribution in [0.1, 0.15) is 48.5 Å². The maximum absolute atomic E-state index is 11.8. The first-order chi connectivity index (χ1) is 8.66. The van der Waals surface area contributed by atoms with Gasteiger partial charge in [-0.15, -0.1) is 0 Å². The van der Waals surface area contributed by atoms with E-state index in [0.717, 1.165) is 24.8 Å². The van der Waals surface area contributed by atoms with E-state index < -0.39 is 5.97 Å². The van der Waals surface area contributed by atoms with Crippen molar-refractivity contribution in [3.8, 4) is 0 Å². The lowest BCUT2D eigenvalue weighted by molar-refractivity contribution is -0.289. The lowest BCUT2D eigenvalue weighted by atomic mass is 9.88. The van der Waals surface area contributed by atoms with E-state index in [4.69, 9.17) is 9.78 Å². The van der Waals surface area contributed by atoms with Gasteiger partial charge >= 0.3 is 5.97 Å². The topological polar surface area (TPSA) is 35.5 Å². The second-order valence-corrected chi connectivity index (χ2v) is 5.14. The van der Waals surface area contributed by atoms with Gasteiger partial charge in [-0.25, -0.2) is 4.79 Å². The first-order valence-corrected chi connectivity index (χ1v) is 6.61. The predicted octanol–water partition coefficient (Wildman–Crippen LogP) is 3.66. The molecule has 1 aromatic rings. The first kappa shape index (κ1) is 13.1. The van der Waals surface area contributed by atoms with E-state index in [-0.39, 0.29) is 6.10 Å². The average molecular weight is 248 g/mol. The molecule has 98 valence electrons. The Hall–Kier alpha value is -1.35. The lowest BCUT2D eigenvalue weighted by Crippen LogP contribution is -2.26. The van der Waals surface area contributed by atoms with E-state index in [1.165, 1.54) is 6.42 Å². The maximum atomic E-state index is 11.8. The zero-order valence-corrected chi connectivity index (χ0v) is 11.0. The highest BCUT2D eigenvalue weighted by Crippen LogP contribution is 2.26. The van der Waals surface area contributed by atoms with Gasteiger partial charge in [0, 0.05) is 0 Å². The third kappa shape index (κ3) is 3.33. The van der Waals surface area contributed by atoms with Crippen molar-refractivity contribution in [3.05, 3.63) is 35.4 Å². The van der Waals surface area contributed by atoms with E-state index in [0.29, 0.717) is 11.5 Å². The minimum absolute atomic E-state index is 0.0486. The number of hydrogen-bond acceptors (Lipinski definition) is 3. The van der Waals surface area contributed by atoms with Crippen molar-refractivity contribution < 1.29 is 14.6 Å². The highest BCUT2D eigenvalue weighted by molar-refractivity contribution is 5.89. The molecule has 18 heavy (non-hydrogen) atoms. The van der Waals surface area contributed by atoms with Crippen molar-refractivity contribution >= 4 is 5.97 Å². The zero-order chi connectivity index (χ0) is 13.0. The molecular weight excluding hydrogens is 228 g/mol. The molecule has 0 radical (unpaired) electrons. The summed E-state index contributed by atoms with van der Waals surface area (Å²) in [6, 6.07) is 7.33. The molecule has 0 bridgehead atoms. The number of rotatable bonds is 3. The van der Waals surface area contributed by atoms with Crippen LogP contribution < -0.4 is 0 Å². The minimum atomic E-state index is -0.406. The van der Waals surface area contributed by atoms with Gasteiger partial charge in [-0.3, -0.25) is 4.89 Å². The summed E-state index contributed by atoms with van der Waals surface area (Å²) < 4.78 is 0. The third-order valence-corrected chi connectivity index (χ3v) is 3.53. The van der Waals surface area contributed by atoms with Crippen molar-refractivity contribution in [1.82, 2.24) is 0 Å². The monoisotopic (exact) mass is 248 g/mol. The standard InChI is InChI=1S/C15H20O3/c1-11-6-5-8-13(10-11)15(16)18-17-14-9-4-3-7-12(14)2/h5-6,8,10,12,14H,3-4,7,9H2,1-2H3. The van der Waals surface area contributed by atoms with Crippen LogP contribution in [0.2, 0.25) is 0 Å². The number of aryl methyl sites for hydroxylation is 1. The van der Waals surface area contributed by atoms with Crippen LogP contribution >= 0.6 is 0 Å². The number of carbonyl (C=O) groups excluding carboxylic acids is 1. The van der Waals surface area contributed by atoms with Crippen LogP contribution in [0.4, 0.5) is 0 Å². The Balaban J connectivity index is 1.88. The molecule has 1 saturated carbocycles. The molecule has 0 amide bonds. The number of carbonyl (C=O) groups is 1. The van der Waals surface area contributed by atoms with Gasteiger partial charge in [0.05, 0.1) is 5.56 Å². The molecule has 0 aromatic heterocycles. The van der Waals surface area contributed by atoms with Gasteiger partial charge in [-0.1, -0.05) is 37.5 Å². The van der Waals surface area contributed by atoms with E-state index in [1.807, 2.05) is 19.1 Å². The molecule has 3 nitrogen and oxygen atoms in total. The summed E-state index contributed by atoms with van der Waals surface area (Å²) in [5, 5.41) is 0. The average Bonchev–Trinajstić information content (AvgIpc) is 2.37. The quantitative estimate of drug-likeness (QED) is 0.605. The Morgan fingerprint density at radius 3 is 2.78 bits per heavy atom. The summed E-state index contributed by atoms with van der Waals surface area (Å²) >= 11 is 0. The fraction of sp³-hybridized carbons (Fsp3) is 0.533. The van der Waals surface area contributed by atoms with E-state index in [9.17, 15) is 4.79 Å². The Morgan fingerprint density at radius 2 is 2.06 bits per heavy atom. The Bertz CT molecular complexity index is 414. The van der Waals surface area contributed by atoms with Gasteiger partial charge < -0.3 is 0 Å². The van der Waals surface area contributed by atoms with Crippen molar-refractivity contribution in [3.63, 3.8) is 0 Å². The summed E-state index contributed by atoms with van der Waals surface area (Å²) in [6.45, 7) is 4.09. The molecule has 0 aliphatic heterocycles. The fourth-order valence-electron chi connectivity index (χ4n) is 2.35. The smallest absolute Gasteiger partial charge is 0.293 e. The second-order valence-electron chi connectivity index (χ2n) is 5.14. The van der Waals surface area contributed by atoms with Crippen molar-refractivity contribution in [2.75, 3.05) is 0 Å². The Labute approximate surface area is 108 Å². The molecular formula is C15H20O3.